The third-order valence-corrected chi connectivity index (χ3v) is 4.07. The van der Waals surface area contributed by atoms with Gasteiger partial charge in [-0.25, -0.2) is 8.78 Å². The second kappa shape index (κ2) is 2.67. The van der Waals surface area contributed by atoms with Crippen LogP contribution in [0.25, 0.3) is 0 Å². The van der Waals surface area contributed by atoms with E-state index in [4.69, 9.17) is 5.11 Å². The summed E-state index contributed by atoms with van der Waals surface area (Å²) < 4.78 is 27.0. The van der Waals surface area contributed by atoms with Crippen molar-refractivity contribution in [1.82, 2.24) is 0 Å². The van der Waals surface area contributed by atoms with E-state index in [1.54, 1.807) is 0 Å². The summed E-state index contributed by atoms with van der Waals surface area (Å²) in [5.74, 6) is -5.41. The summed E-state index contributed by atoms with van der Waals surface area (Å²) in [6.45, 7) is 1.42. The molecule has 0 heterocycles. The normalized spacial score (nSPS) is 41.2. The Hall–Kier alpha value is -0.670. The molecule has 2 rings (SSSR count). The number of fused-ring (bicyclic) bond motifs is 1. The van der Waals surface area contributed by atoms with Crippen LogP contribution in [0, 0.1) is 17.3 Å². The molecular weight excluding hydrogens is 190 g/mol. The van der Waals surface area contributed by atoms with Crippen LogP contribution in [0.2, 0.25) is 0 Å². The highest BCUT2D eigenvalue weighted by atomic mass is 19.3. The van der Waals surface area contributed by atoms with Crippen LogP contribution in [-0.2, 0) is 4.79 Å². The summed E-state index contributed by atoms with van der Waals surface area (Å²) in [6, 6.07) is 0. The molecule has 0 radical (unpaired) electrons. The lowest BCUT2D eigenvalue weighted by molar-refractivity contribution is -0.146. The SMILES string of the molecule is C[C@H](C(=O)O)C12CCCCC1C2(F)F. The number of hydrogen-bond acceptors (Lipinski definition) is 1. The van der Waals surface area contributed by atoms with E-state index in [1.165, 1.54) is 6.92 Å². The minimum absolute atomic E-state index is 0.373. The number of alkyl halides is 2. The van der Waals surface area contributed by atoms with Gasteiger partial charge in [-0.05, 0) is 12.8 Å². The van der Waals surface area contributed by atoms with Crippen LogP contribution in [0.4, 0.5) is 8.78 Å². The fourth-order valence-corrected chi connectivity index (χ4v) is 3.13. The Balaban J connectivity index is 2.27. The van der Waals surface area contributed by atoms with E-state index < -0.39 is 29.1 Å². The third-order valence-electron chi connectivity index (χ3n) is 4.07. The standard InChI is InChI=1S/C10H14F2O2/c1-6(8(13)14)9-5-3-2-4-7(9)10(9,11)12/h6-7H,2-5H2,1H3,(H,13,14)/t6-,7?,9?/m1/s1. The van der Waals surface area contributed by atoms with E-state index in [9.17, 15) is 13.6 Å². The minimum atomic E-state index is -2.73. The minimum Gasteiger partial charge on any atom is -0.481 e. The molecule has 2 saturated carbocycles. The largest absolute Gasteiger partial charge is 0.481 e. The van der Waals surface area contributed by atoms with Crippen LogP contribution in [-0.4, -0.2) is 17.0 Å². The van der Waals surface area contributed by atoms with E-state index in [2.05, 4.69) is 0 Å². The molecule has 0 amide bonds. The zero-order chi connectivity index (χ0) is 10.6. The van der Waals surface area contributed by atoms with Crippen LogP contribution in [0.1, 0.15) is 32.6 Å². The Morgan fingerprint density at radius 1 is 1.50 bits per heavy atom. The molecule has 0 aromatic rings. The van der Waals surface area contributed by atoms with Gasteiger partial charge in [0.25, 0.3) is 5.92 Å². The summed E-state index contributed by atoms with van der Waals surface area (Å²) in [5.41, 5.74) is -1.21. The highest BCUT2D eigenvalue weighted by Crippen LogP contribution is 2.75. The van der Waals surface area contributed by atoms with Crippen LogP contribution in [0.3, 0.4) is 0 Å². The second-order valence-electron chi connectivity index (χ2n) is 4.52. The van der Waals surface area contributed by atoms with Crippen molar-refractivity contribution in [1.29, 1.82) is 0 Å². The Bertz CT molecular complexity index is 277. The molecule has 14 heavy (non-hydrogen) atoms. The van der Waals surface area contributed by atoms with Gasteiger partial charge in [0.2, 0.25) is 0 Å². The Labute approximate surface area is 81.3 Å². The summed E-state index contributed by atoms with van der Waals surface area (Å²) >= 11 is 0. The predicted molar refractivity (Wildman–Crippen MR) is 46.1 cm³/mol. The van der Waals surface area contributed by atoms with Gasteiger partial charge in [0.05, 0.1) is 11.3 Å². The fraction of sp³-hybridized carbons (Fsp3) is 0.900. The molecule has 2 aliphatic rings. The highest BCUT2D eigenvalue weighted by Gasteiger charge is 2.82. The Kier molecular flexibility index (Phi) is 1.88. The van der Waals surface area contributed by atoms with Crippen LogP contribution in [0.5, 0.6) is 0 Å². The number of carboxylic acids is 1. The molecule has 2 fully saturated rings. The van der Waals surface area contributed by atoms with E-state index in [0.29, 0.717) is 12.8 Å². The predicted octanol–water partition coefficient (Wildman–Crippen LogP) is 2.53. The Morgan fingerprint density at radius 3 is 2.64 bits per heavy atom. The molecular formula is C10H14F2O2. The average Bonchev–Trinajstić information content (AvgIpc) is 2.65. The van der Waals surface area contributed by atoms with Crippen molar-refractivity contribution < 1.29 is 18.7 Å². The van der Waals surface area contributed by atoms with Gasteiger partial charge in [0, 0.05) is 5.92 Å². The average molecular weight is 204 g/mol. The van der Waals surface area contributed by atoms with Gasteiger partial charge in [0.1, 0.15) is 0 Å². The highest BCUT2D eigenvalue weighted by molar-refractivity contribution is 5.72. The first-order valence-electron chi connectivity index (χ1n) is 5.05. The molecule has 3 atom stereocenters. The number of carbonyl (C=O) groups is 1. The lowest BCUT2D eigenvalue weighted by Crippen LogP contribution is -2.28. The quantitative estimate of drug-likeness (QED) is 0.750. The van der Waals surface area contributed by atoms with Crippen molar-refractivity contribution in [3.05, 3.63) is 0 Å². The van der Waals surface area contributed by atoms with Crippen LogP contribution >= 0.6 is 0 Å². The molecule has 2 nitrogen and oxygen atoms in total. The van der Waals surface area contributed by atoms with Crippen molar-refractivity contribution in [2.45, 2.75) is 38.5 Å². The second-order valence-corrected chi connectivity index (χ2v) is 4.52. The maximum Gasteiger partial charge on any atom is 0.307 e. The van der Waals surface area contributed by atoms with E-state index in [0.717, 1.165) is 12.8 Å². The molecule has 0 saturated heterocycles. The zero-order valence-corrected chi connectivity index (χ0v) is 8.09. The monoisotopic (exact) mass is 204 g/mol. The lowest BCUT2D eigenvalue weighted by Gasteiger charge is -2.23. The van der Waals surface area contributed by atoms with Gasteiger partial charge in [0.15, 0.2) is 0 Å². The van der Waals surface area contributed by atoms with E-state index in [1.807, 2.05) is 0 Å². The van der Waals surface area contributed by atoms with Crippen LogP contribution in [0.15, 0.2) is 0 Å². The van der Waals surface area contributed by atoms with Crippen molar-refractivity contribution in [3.8, 4) is 0 Å². The number of halogens is 2. The van der Waals surface area contributed by atoms with Gasteiger partial charge in [-0.2, -0.15) is 0 Å². The molecule has 0 aromatic heterocycles. The number of carboxylic acid groups (broad SMARTS) is 1. The molecule has 80 valence electrons. The van der Waals surface area contributed by atoms with E-state index in [-0.39, 0.29) is 0 Å². The number of hydrogen-bond donors (Lipinski definition) is 1. The maximum atomic E-state index is 13.5. The molecule has 0 bridgehead atoms. The van der Waals surface area contributed by atoms with Crippen molar-refractivity contribution in [2.24, 2.45) is 17.3 Å². The molecule has 0 aromatic carbocycles. The number of rotatable bonds is 2. The summed E-state index contributed by atoms with van der Waals surface area (Å²) in [5, 5.41) is 8.83. The first-order chi connectivity index (χ1) is 6.44. The van der Waals surface area contributed by atoms with E-state index >= 15 is 0 Å². The van der Waals surface area contributed by atoms with Crippen molar-refractivity contribution in [2.75, 3.05) is 0 Å². The molecule has 4 heteroatoms. The molecule has 1 N–H and O–H groups in total. The lowest BCUT2D eigenvalue weighted by atomic mass is 9.79. The topological polar surface area (TPSA) is 37.3 Å². The van der Waals surface area contributed by atoms with Gasteiger partial charge >= 0.3 is 5.97 Å². The molecule has 2 unspecified atom stereocenters. The summed E-state index contributed by atoms with van der Waals surface area (Å²) in [7, 11) is 0. The first-order valence-corrected chi connectivity index (χ1v) is 5.05. The third kappa shape index (κ3) is 0.916. The van der Waals surface area contributed by atoms with Crippen LogP contribution < -0.4 is 0 Å². The first kappa shape index (κ1) is 9.87. The molecule has 0 spiro atoms. The van der Waals surface area contributed by atoms with Crippen molar-refractivity contribution in [3.63, 3.8) is 0 Å². The number of aliphatic carboxylic acids is 1. The van der Waals surface area contributed by atoms with Gasteiger partial charge in [-0.1, -0.05) is 19.8 Å². The van der Waals surface area contributed by atoms with Gasteiger partial charge in [-0.3, -0.25) is 4.79 Å². The van der Waals surface area contributed by atoms with Gasteiger partial charge in [-0.15, -0.1) is 0 Å². The Morgan fingerprint density at radius 2 is 2.14 bits per heavy atom. The molecule has 0 aliphatic heterocycles. The van der Waals surface area contributed by atoms with Crippen molar-refractivity contribution >= 4 is 5.97 Å². The smallest absolute Gasteiger partial charge is 0.307 e. The molecule has 2 aliphatic carbocycles. The zero-order valence-electron chi connectivity index (χ0n) is 8.09. The maximum absolute atomic E-state index is 13.5. The summed E-state index contributed by atoms with van der Waals surface area (Å²) in [4.78, 5) is 10.8. The van der Waals surface area contributed by atoms with Gasteiger partial charge < -0.3 is 5.11 Å². The summed E-state index contributed by atoms with van der Waals surface area (Å²) in [6.07, 6.45) is 2.42. The fourth-order valence-electron chi connectivity index (χ4n) is 3.13.